The molecular formula is C84H192B4N4O8P8. The Labute approximate surface area is 688 Å². The molecular weight excluding hydrogens is 1480 g/mol. The van der Waals surface area contributed by atoms with E-state index in [1.165, 1.54) is 302 Å². The van der Waals surface area contributed by atoms with Crippen LogP contribution in [0.1, 0.15) is 320 Å². The van der Waals surface area contributed by atoms with E-state index in [0.29, 0.717) is 0 Å². The zero-order valence-electron chi connectivity index (χ0n) is 78.9. The van der Waals surface area contributed by atoms with Gasteiger partial charge in [0, 0.05) is 140 Å². The largest absolute Gasteiger partial charge is 0.881 e. The lowest BCUT2D eigenvalue weighted by molar-refractivity contribution is -0.342. The third-order valence-corrected chi connectivity index (χ3v) is 56.6. The molecule has 24 heteroatoms. The lowest BCUT2D eigenvalue weighted by atomic mass is 9.97. The predicted molar refractivity (Wildman–Crippen MR) is 512 cm³/mol. The lowest BCUT2D eigenvalue weighted by Gasteiger charge is -2.20. The first kappa shape index (κ1) is 135. The van der Waals surface area contributed by atoms with Crippen LogP contribution in [0, 0.1) is 44.9 Å². The van der Waals surface area contributed by atoms with Crippen LogP contribution in [-0.4, -0.2) is 230 Å². The standard InChI is InChI=1S/8C10H24P.4CBNO2/c8*1-5-8-10-11(4,7-3)9-6-2;4*3-1-2(4)5/h8*5-10H2,1-4H3;;;;/q8*+1;4*-2. The van der Waals surface area contributed by atoms with E-state index in [4.69, 9.17) is 61.2 Å². The van der Waals surface area contributed by atoms with Crippen molar-refractivity contribution in [1.82, 2.24) is 0 Å². The molecule has 0 fully saturated rings. The minimum Gasteiger partial charge on any atom is -0.881 e. The Morgan fingerprint density at radius 2 is 0.241 bits per heavy atom. The van der Waals surface area contributed by atoms with Gasteiger partial charge in [-0.1, -0.05) is 162 Å². The maximum Gasteiger partial charge on any atom is 0.0591 e. The van der Waals surface area contributed by atoms with Crippen molar-refractivity contribution in [3.05, 3.63) is 0 Å². The minimum absolute atomic E-state index is 0.467. The fourth-order valence-electron chi connectivity index (χ4n) is 12.1. The second kappa shape index (κ2) is 97.2. The summed E-state index contributed by atoms with van der Waals surface area (Å²) in [6.45, 7) is 76.3. The van der Waals surface area contributed by atoms with Gasteiger partial charge >= 0.3 is 0 Å². The molecule has 8 unspecified atom stereocenters. The molecule has 0 radical (unpaired) electrons. The second-order valence-corrected chi connectivity index (χ2v) is 69.9. The first-order valence-corrected chi connectivity index (χ1v) is 66.4. The minimum atomic E-state index is -2.31. The van der Waals surface area contributed by atoms with Crippen LogP contribution < -0.4 is 40.2 Å². The van der Waals surface area contributed by atoms with Gasteiger partial charge in [0.25, 0.3) is 0 Å². The number of hydrogen-bond acceptors (Lipinski definition) is 12. The molecule has 648 valence electrons. The Kier molecular flexibility index (Phi) is 122. The molecule has 0 aliphatic carbocycles. The third kappa shape index (κ3) is 109. The van der Waals surface area contributed by atoms with Gasteiger partial charge in [0.1, 0.15) is 0 Å². The van der Waals surface area contributed by atoms with Crippen LogP contribution in [0.2, 0.25) is 0 Å². The summed E-state index contributed by atoms with van der Waals surface area (Å²) in [6.07, 6.45) is 69.9. The Balaban J connectivity index is -0.0000000941. The molecule has 0 rings (SSSR count). The quantitative estimate of drug-likeness (QED) is 0.0406. The average Bonchev–Trinajstić information content (AvgIpc) is 1.00. The van der Waals surface area contributed by atoms with Crippen molar-refractivity contribution < 1.29 is 40.2 Å². The van der Waals surface area contributed by atoms with Gasteiger partial charge in [0.15, 0.2) is 0 Å². The summed E-state index contributed by atoms with van der Waals surface area (Å²) in [7, 11) is -13.0. The highest BCUT2D eigenvalue weighted by Crippen LogP contribution is 2.60. The fourth-order valence-corrected chi connectivity index (χ4v) is 36.2. The summed E-state index contributed by atoms with van der Waals surface area (Å²) < 4.78 is 0. The summed E-state index contributed by atoms with van der Waals surface area (Å²) in [4.78, 5) is 0. The Bertz CT molecular complexity index is 1580. The molecule has 0 amide bonds. The van der Waals surface area contributed by atoms with Gasteiger partial charge in [-0.05, 0) is 182 Å². The number of unbranched alkanes of at least 4 members (excludes halogenated alkanes) is 8. The van der Waals surface area contributed by atoms with Gasteiger partial charge in [0.2, 0.25) is 0 Å². The van der Waals surface area contributed by atoms with E-state index in [2.05, 4.69) is 219 Å². The van der Waals surface area contributed by atoms with Crippen LogP contribution in [-0.2, 0) is 0 Å². The molecule has 0 saturated heterocycles. The molecule has 0 aromatic carbocycles. The molecule has 0 aliphatic rings. The van der Waals surface area contributed by atoms with Gasteiger partial charge in [0.05, 0.1) is 148 Å². The fraction of sp³-hybridized carbons (Fsp3) is 0.952. The second-order valence-electron chi connectivity index (χ2n) is 31.7. The number of hydrogen-bond donors (Lipinski definition) is 0. The molecule has 0 aliphatic heterocycles. The van der Waals surface area contributed by atoms with Crippen molar-refractivity contribution in [3.8, 4) is 23.9 Å². The van der Waals surface area contributed by atoms with E-state index >= 15 is 0 Å². The smallest absolute Gasteiger partial charge is 0.0591 e. The van der Waals surface area contributed by atoms with Crippen LogP contribution in [0.4, 0.5) is 0 Å². The Hall–Kier alpha value is 1.34. The third-order valence-electron chi connectivity index (χ3n) is 21.0. The van der Waals surface area contributed by atoms with E-state index in [1.54, 1.807) is 0 Å². The van der Waals surface area contributed by atoms with Crippen molar-refractivity contribution >= 4 is 86.6 Å². The van der Waals surface area contributed by atoms with Crippen molar-refractivity contribution in [1.29, 1.82) is 21.0 Å². The molecule has 0 heterocycles. The van der Waals surface area contributed by atoms with Gasteiger partial charge in [-0.2, -0.15) is 0 Å². The molecule has 0 aromatic rings. The summed E-state index contributed by atoms with van der Waals surface area (Å²) >= 11 is 0. The first-order chi connectivity index (χ1) is 50.5. The lowest BCUT2D eigenvalue weighted by Crippen LogP contribution is -2.43. The summed E-state index contributed by atoms with van der Waals surface area (Å²) in [5, 5.41) is 101. The normalized spacial score (nSPS) is 14.4. The van der Waals surface area contributed by atoms with Crippen LogP contribution >= 0.6 is 58.1 Å². The Morgan fingerprint density at radius 3 is 0.278 bits per heavy atom. The van der Waals surface area contributed by atoms with E-state index in [9.17, 15) is 0 Å². The van der Waals surface area contributed by atoms with Crippen LogP contribution in [0.15, 0.2) is 0 Å². The summed E-state index contributed by atoms with van der Waals surface area (Å²) in [6, 6.07) is 0. The monoisotopic (exact) mass is 1680 g/mol. The van der Waals surface area contributed by atoms with E-state index in [1.807, 2.05) is 0 Å². The predicted octanol–water partition coefficient (Wildman–Crippen LogP) is 19.9. The van der Waals surface area contributed by atoms with E-state index in [0.717, 1.165) is 23.9 Å². The molecule has 0 saturated carbocycles. The molecule has 0 N–H and O–H groups in total. The first-order valence-electron chi connectivity index (χ1n) is 44.1. The van der Waals surface area contributed by atoms with Crippen molar-refractivity contribution in [2.45, 2.75) is 320 Å². The van der Waals surface area contributed by atoms with E-state index < -0.39 is 86.6 Å². The van der Waals surface area contributed by atoms with E-state index in [-0.39, 0.29) is 0 Å². The van der Waals surface area contributed by atoms with Crippen molar-refractivity contribution in [2.75, 3.05) is 201 Å². The average molecular weight is 1680 g/mol. The van der Waals surface area contributed by atoms with Crippen LogP contribution in [0.3, 0.4) is 0 Å². The molecule has 0 aromatic heterocycles. The van der Waals surface area contributed by atoms with Gasteiger partial charge in [-0.3, -0.25) is 0 Å². The number of rotatable bonds is 48. The molecule has 0 spiro atoms. The van der Waals surface area contributed by atoms with Gasteiger partial charge in [-0.15, -0.1) is 0 Å². The highest BCUT2D eigenvalue weighted by molar-refractivity contribution is 7.77. The van der Waals surface area contributed by atoms with Gasteiger partial charge < -0.3 is 40.2 Å². The highest BCUT2D eigenvalue weighted by atomic mass is 31.2. The molecule has 12 nitrogen and oxygen atoms in total. The van der Waals surface area contributed by atoms with Gasteiger partial charge in [-0.25, -0.2) is 21.0 Å². The summed E-state index contributed by atoms with van der Waals surface area (Å²) in [5.41, 5.74) is 0. The number of nitriles is 4. The van der Waals surface area contributed by atoms with Crippen molar-refractivity contribution in [2.24, 2.45) is 0 Å². The highest BCUT2D eigenvalue weighted by Gasteiger charge is 2.32. The number of nitrogens with zero attached hydrogens (tertiary/aromatic N) is 4. The molecule has 8 atom stereocenters. The van der Waals surface area contributed by atoms with Crippen LogP contribution in [0.25, 0.3) is 0 Å². The topological polar surface area (TPSA) is 280 Å². The Morgan fingerprint density at radius 1 is 0.167 bits per heavy atom. The molecule has 0 bridgehead atoms. The zero-order chi connectivity index (χ0) is 87.1. The summed E-state index contributed by atoms with van der Waals surface area (Å²) in [5.74, 6) is 3.67. The SMILES string of the molecule is CCCC[P+](C)(CC)CCC.CCCC[P+](C)(CC)CCC.CCCC[P+](C)(CC)CCC.CCCC[P+](C)(CC)CCC.CCCC[P+](C)(CC)CCC.CCCC[P+](C)(CC)CCC.CCCC[P+](C)(CC)CCC.CCCC[P+](C)(CC)CCC.N#CB([O-])[O-].N#CB([O-])[O-].N#CB([O-])[O-].N#CB([O-])[O-]. The maximum atomic E-state index is 8.98. The molecule has 108 heavy (non-hydrogen) atoms. The van der Waals surface area contributed by atoms with Crippen LogP contribution in [0.5, 0.6) is 0 Å². The zero-order valence-corrected chi connectivity index (χ0v) is 86.0. The maximum absolute atomic E-state index is 8.98. The van der Waals surface area contributed by atoms with Crippen molar-refractivity contribution in [3.63, 3.8) is 0 Å².